The summed E-state index contributed by atoms with van der Waals surface area (Å²) in [4.78, 5) is 25.4. The summed E-state index contributed by atoms with van der Waals surface area (Å²) < 4.78 is 0. The third kappa shape index (κ3) is 3.32. The fraction of sp³-hybridized carbons (Fsp3) is 0.429. The molecule has 1 fully saturated rings. The number of anilines is 1. The second kappa shape index (κ2) is 5.84. The highest BCUT2D eigenvalue weighted by Gasteiger charge is 2.23. The lowest BCUT2D eigenvalue weighted by Gasteiger charge is -2.26. The van der Waals surface area contributed by atoms with E-state index in [2.05, 4.69) is 10.6 Å². The molecule has 2 amide bonds. The molecule has 1 aromatic rings. The topological polar surface area (TPSA) is 61.4 Å². The van der Waals surface area contributed by atoms with Gasteiger partial charge in [-0.15, -0.1) is 0 Å². The minimum Gasteiger partial charge on any atom is -0.332 e. The lowest BCUT2D eigenvalue weighted by atomic mass is 10.1. The van der Waals surface area contributed by atoms with Gasteiger partial charge in [-0.2, -0.15) is 0 Å². The molecule has 0 unspecified atom stereocenters. The molecule has 0 aromatic heterocycles. The van der Waals surface area contributed by atoms with Crippen molar-refractivity contribution in [3.8, 4) is 0 Å². The monoisotopic (exact) mass is 261 g/mol. The van der Waals surface area contributed by atoms with Gasteiger partial charge in [0.1, 0.15) is 0 Å². The van der Waals surface area contributed by atoms with E-state index >= 15 is 0 Å². The molecule has 1 aliphatic rings. The molecule has 1 aromatic carbocycles. The Morgan fingerprint density at radius 3 is 2.47 bits per heavy atom. The van der Waals surface area contributed by atoms with Crippen LogP contribution in [0, 0.1) is 13.8 Å². The number of aryl methyl sites for hydroxylation is 2. The Balaban J connectivity index is 1.99. The van der Waals surface area contributed by atoms with Crippen molar-refractivity contribution in [2.24, 2.45) is 0 Å². The molecule has 1 saturated heterocycles. The van der Waals surface area contributed by atoms with Crippen LogP contribution in [-0.4, -0.2) is 42.9 Å². The molecule has 19 heavy (non-hydrogen) atoms. The van der Waals surface area contributed by atoms with E-state index in [-0.39, 0.29) is 0 Å². The maximum absolute atomic E-state index is 11.9. The van der Waals surface area contributed by atoms with Crippen molar-refractivity contribution in [2.45, 2.75) is 13.8 Å². The van der Waals surface area contributed by atoms with E-state index in [9.17, 15) is 9.59 Å². The number of hydrogen-bond acceptors (Lipinski definition) is 3. The van der Waals surface area contributed by atoms with Gasteiger partial charge >= 0.3 is 11.8 Å². The van der Waals surface area contributed by atoms with Crippen LogP contribution in [0.5, 0.6) is 0 Å². The molecule has 0 aliphatic carbocycles. The maximum Gasteiger partial charge on any atom is 0.313 e. The van der Waals surface area contributed by atoms with E-state index in [1.54, 1.807) is 4.90 Å². The van der Waals surface area contributed by atoms with Crippen molar-refractivity contribution in [3.63, 3.8) is 0 Å². The van der Waals surface area contributed by atoms with Gasteiger partial charge in [0.2, 0.25) is 0 Å². The summed E-state index contributed by atoms with van der Waals surface area (Å²) in [5.74, 6) is -1.02. The van der Waals surface area contributed by atoms with Crippen LogP contribution in [0.4, 0.5) is 5.69 Å². The van der Waals surface area contributed by atoms with Gasteiger partial charge in [0.25, 0.3) is 0 Å². The molecule has 1 aliphatic heterocycles. The molecule has 102 valence electrons. The lowest BCUT2D eigenvalue weighted by Crippen LogP contribution is -2.49. The van der Waals surface area contributed by atoms with Crippen molar-refractivity contribution in [1.82, 2.24) is 10.2 Å². The average Bonchev–Trinajstić information content (AvgIpc) is 2.43. The number of carbonyl (C=O) groups is 2. The lowest BCUT2D eigenvalue weighted by molar-refractivity contribution is -0.143. The molecule has 2 N–H and O–H groups in total. The Bertz CT molecular complexity index is 493. The summed E-state index contributed by atoms with van der Waals surface area (Å²) in [5, 5.41) is 5.80. The minimum atomic E-state index is -0.565. The van der Waals surface area contributed by atoms with Crippen LogP contribution in [-0.2, 0) is 9.59 Å². The first-order valence-corrected chi connectivity index (χ1v) is 6.46. The second-order valence-corrected chi connectivity index (χ2v) is 4.80. The van der Waals surface area contributed by atoms with Gasteiger partial charge in [-0.05, 0) is 37.1 Å². The van der Waals surface area contributed by atoms with Gasteiger partial charge in [-0.1, -0.05) is 6.07 Å². The first kappa shape index (κ1) is 13.5. The molecular formula is C14H19N3O2. The first-order chi connectivity index (χ1) is 9.08. The van der Waals surface area contributed by atoms with Crippen molar-refractivity contribution in [3.05, 3.63) is 29.3 Å². The van der Waals surface area contributed by atoms with Crippen LogP contribution < -0.4 is 10.6 Å². The van der Waals surface area contributed by atoms with Gasteiger partial charge in [0.05, 0.1) is 0 Å². The van der Waals surface area contributed by atoms with Gasteiger partial charge < -0.3 is 15.5 Å². The number of carbonyl (C=O) groups excluding carboxylic acids is 2. The third-order valence-corrected chi connectivity index (χ3v) is 3.36. The highest BCUT2D eigenvalue weighted by molar-refractivity contribution is 6.39. The summed E-state index contributed by atoms with van der Waals surface area (Å²) in [6.07, 6.45) is 0. The van der Waals surface area contributed by atoms with Crippen LogP contribution >= 0.6 is 0 Å². The van der Waals surface area contributed by atoms with Gasteiger partial charge in [0.15, 0.2) is 0 Å². The number of piperazine rings is 1. The number of nitrogens with zero attached hydrogens (tertiary/aromatic N) is 1. The molecule has 0 atom stereocenters. The molecule has 0 spiro atoms. The Kier molecular flexibility index (Phi) is 4.16. The summed E-state index contributed by atoms with van der Waals surface area (Å²) in [7, 11) is 0. The third-order valence-electron chi connectivity index (χ3n) is 3.36. The largest absolute Gasteiger partial charge is 0.332 e. The SMILES string of the molecule is Cc1ccc(NC(=O)C(=O)N2CCNCC2)cc1C. The molecule has 2 rings (SSSR count). The van der Waals surface area contributed by atoms with Crippen LogP contribution in [0.15, 0.2) is 18.2 Å². The number of benzene rings is 1. The second-order valence-electron chi connectivity index (χ2n) is 4.80. The van der Waals surface area contributed by atoms with E-state index in [0.29, 0.717) is 18.8 Å². The average molecular weight is 261 g/mol. The number of rotatable bonds is 1. The van der Waals surface area contributed by atoms with Crippen molar-refractivity contribution in [2.75, 3.05) is 31.5 Å². The van der Waals surface area contributed by atoms with E-state index in [4.69, 9.17) is 0 Å². The fourth-order valence-corrected chi connectivity index (χ4v) is 2.02. The smallest absolute Gasteiger partial charge is 0.313 e. The molecular weight excluding hydrogens is 242 g/mol. The Morgan fingerprint density at radius 2 is 1.84 bits per heavy atom. The first-order valence-electron chi connectivity index (χ1n) is 6.46. The summed E-state index contributed by atoms with van der Waals surface area (Å²) in [5.41, 5.74) is 2.91. The number of nitrogens with one attached hydrogen (secondary N) is 2. The molecule has 0 bridgehead atoms. The molecule has 0 radical (unpaired) electrons. The summed E-state index contributed by atoms with van der Waals surface area (Å²) >= 11 is 0. The predicted octanol–water partition coefficient (Wildman–Crippen LogP) is 0.674. The van der Waals surface area contributed by atoms with E-state index in [1.165, 1.54) is 0 Å². The van der Waals surface area contributed by atoms with E-state index in [1.807, 2.05) is 32.0 Å². The predicted molar refractivity (Wildman–Crippen MR) is 74.0 cm³/mol. The number of amides is 2. The summed E-state index contributed by atoms with van der Waals surface area (Å²) in [6.45, 7) is 6.62. The van der Waals surface area contributed by atoms with Crippen LogP contribution in [0.2, 0.25) is 0 Å². The molecule has 5 heteroatoms. The molecule has 0 saturated carbocycles. The normalized spacial score (nSPS) is 15.2. The van der Waals surface area contributed by atoms with Crippen LogP contribution in [0.1, 0.15) is 11.1 Å². The van der Waals surface area contributed by atoms with Gasteiger partial charge in [0, 0.05) is 31.9 Å². The zero-order valence-corrected chi connectivity index (χ0v) is 11.3. The van der Waals surface area contributed by atoms with Gasteiger partial charge in [-0.3, -0.25) is 9.59 Å². The van der Waals surface area contributed by atoms with Crippen molar-refractivity contribution >= 4 is 17.5 Å². The standard InChI is InChI=1S/C14H19N3O2/c1-10-3-4-12(9-11(10)2)16-13(18)14(19)17-7-5-15-6-8-17/h3-4,9,15H,5-8H2,1-2H3,(H,16,18). The molecule has 1 heterocycles. The van der Waals surface area contributed by atoms with Crippen molar-refractivity contribution in [1.29, 1.82) is 0 Å². The maximum atomic E-state index is 11.9. The van der Waals surface area contributed by atoms with E-state index < -0.39 is 11.8 Å². The quantitative estimate of drug-likeness (QED) is 0.731. The number of hydrogen-bond donors (Lipinski definition) is 2. The highest BCUT2D eigenvalue weighted by atomic mass is 16.2. The minimum absolute atomic E-state index is 0.459. The zero-order chi connectivity index (χ0) is 13.8. The highest BCUT2D eigenvalue weighted by Crippen LogP contribution is 2.14. The zero-order valence-electron chi connectivity index (χ0n) is 11.3. The Morgan fingerprint density at radius 1 is 1.16 bits per heavy atom. The Hall–Kier alpha value is -1.88. The summed E-state index contributed by atoms with van der Waals surface area (Å²) in [6, 6.07) is 5.61. The van der Waals surface area contributed by atoms with Crippen LogP contribution in [0.3, 0.4) is 0 Å². The van der Waals surface area contributed by atoms with Crippen LogP contribution in [0.25, 0.3) is 0 Å². The molecule has 5 nitrogen and oxygen atoms in total. The Labute approximate surface area is 113 Å². The fourth-order valence-electron chi connectivity index (χ4n) is 2.02. The van der Waals surface area contributed by atoms with Gasteiger partial charge in [-0.25, -0.2) is 0 Å². The van der Waals surface area contributed by atoms with Crippen molar-refractivity contribution < 1.29 is 9.59 Å². The van der Waals surface area contributed by atoms with E-state index in [0.717, 1.165) is 24.2 Å².